The van der Waals surface area contributed by atoms with Gasteiger partial charge < -0.3 is 20.1 Å². The number of ether oxygens (including phenoxy) is 1. The Kier molecular flexibility index (Phi) is 6.88. The molecule has 37 heavy (non-hydrogen) atoms. The first-order chi connectivity index (χ1) is 17.4. The van der Waals surface area contributed by atoms with Gasteiger partial charge in [-0.2, -0.15) is 0 Å². The molecule has 0 radical (unpaired) electrons. The van der Waals surface area contributed by atoms with Crippen LogP contribution in [-0.4, -0.2) is 45.2 Å². The zero-order chi connectivity index (χ0) is 26.9. The van der Waals surface area contributed by atoms with Crippen molar-refractivity contribution in [3.63, 3.8) is 0 Å². The smallest absolute Gasteiger partial charge is 0.480 e. The van der Waals surface area contributed by atoms with Crippen LogP contribution in [0.4, 0.5) is 19.0 Å². The van der Waals surface area contributed by atoms with Gasteiger partial charge in [0, 0.05) is 29.4 Å². The van der Waals surface area contributed by atoms with Crippen molar-refractivity contribution in [2.45, 2.75) is 32.8 Å². The highest BCUT2D eigenvalue weighted by atomic mass is 19.4. The van der Waals surface area contributed by atoms with Gasteiger partial charge in [0.1, 0.15) is 17.6 Å². The maximum absolute atomic E-state index is 13.0. The molecule has 0 fully saturated rings. The predicted octanol–water partition coefficient (Wildman–Crippen LogP) is 4.96. The molecule has 1 aliphatic heterocycles. The van der Waals surface area contributed by atoms with Gasteiger partial charge in [-0.05, 0) is 59.5 Å². The van der Waals surface area contributed by atoms with Crippen molar-refractivity contribution >= 4 is 23.6 Å². The molecule has 2 aromatic carbocycles. The van der Waals surface area contributed by atoms with E-state index in [2.05, 4.69) is 15.0 Å². The van der Waals surface area contributed by atoms with E-state index >= 15 is 0 Å². The van der Waals surface area contributed by atoms with Crippen LogP contribution in [0.15, 0.2) is 60.8 Å². The molecule has 0 saturated carbocycles. The number of carbonyl (C=O) groups excluding carboxylic acids is 2. The lowest BCUT2D eigenvalue weighted by Gasteiger charge is -2.27. The first-order valence-corrected chi connectivity index (χ1v) is 11.2. The van der Waals surface area contributed by atoms with Crippen LogP contribution in [0.25, 0.3) is 11.1 Å². The number of nitrogens with one attached hydrogen (secondary N) is 1. The Bertz CT molecular complexity index is 1340. The summed E-state index contributed by atoms with van der Waals surface area (Å²) < 4.78 is 40.6. The number of fused-ring (bicyclic) bond motifs is 1. The summed E-state index contributed by atoms with van der Waals surface area (Å²) in [7, 11) is 0. The number of pyridine rings is 1. The third kappa shape index (κ3) is 5.71. The number of amides is 2. The van der Waals surface area contributed by atoms with Crippen molar-refractivity contribution in [1.29, 1.82) is 0 Å². The summed E-state index contributed by atoms with van der Waals surface area (Å²) in [6.45, 7) is 3.73. The summed E-state index contributed by atoms with van der Waals surface area (Å²) in [6, 6.07) is 12.1. The average Bonchev–Trinajstić information content (AvgIpc) is 3.14. The van der Waals surface area contributed by atoms with Crippen LogP contribution in [0.5, 0.6) is 5.75 Å². The first kappa shape index (κ1) is 25.7. The molecule has 3 aromatic rings. The van der Waals surface area contributed by atoms with E-state index in [0.29, 0.717) is 16.7 Å². The Balaban J connectivity index is 1.45. The Morgan fingerprint density at radius 1 is 1.05 bits per heavy atom. The Hall–Kier alpha value is -4.41. The number of aliphatic carboxylic acids is 1. The van der Waals surface area contributed by atoms with Crippen LogP contribution in [0.2, 0.25) is 0 Å². The normalized spacial score (nSPS) is 13.9. The third-order valence-corrected chi connectivity index (χ3v) is 5.85. The molecule has 4 rings (SSSR count). The second-order valence-corrected chi connectivity index (χ2v) is 8.79. The second-order valence-electron chi connectivity index (χ2n) is 8.79. The van der Waals surface area contributed by atoms with Gasteiger partial charge in [0.2, 0.25) is 0 Å². The fourth-order valence-electron chi connectivity index (χ4n) is 4.14. The SMILES string of the molecule is CC(C)C(C(=O)O)N1Cc2ccc(-c3ccc(NC(=O)c4ccc(OC(F)(F)F)cc4)nc3)cc2C1=O. The summed E-state index contributed by atoms with van der Waals surface area (Å²) >= 11 is 0. The summed E-state index contributed by atoms with van der Waals surface area (Å²) in [5, 5.41) is 12.1. The number of alkyl halides is 3. The number of benzene rings is 2. The molecule has 2 amide bonds. The van der Waals surface area contributed by atoms with Crippen LogP contribution < -0.4 is 10.1 Å². The lowest BCUT2D eigenvalue weighted by molar-refractivity contribution is -0.274. The highest BCUT2D eigenvalue weighted by molar-refractivity contribution is 6.04. The van der Waals surface area contributed by atoms with E-state index in [0.717, 1.165) is 17.7 Å². The van der Waals surface area contributed by atoms with Gasteiger partial charge in [-0.25, -0.2) is 9.78 Å². The Morgan fingerprint density at radius 2 is 1.73 bits per heavy atom. The van der Waals surface area contributed by atoms with Gasteiger partial charge in [0.25, 0.3) is 11.8 Å². The summed E-state index contributed by atoms with van der Waals surface area (Å²) in [5.41, 5.74) is 2.64. The topological polar surface area (TPSA) is 109 Å². The van der Waals surface area contributed by atoms with E-state index in [4.69, 9.17) is 0 Å². The van der Waals surface area contributed by atoms with Gasteiger partial charge >= 0.3 is 12.3 Å². The lowest BCUT2D eigenvalue weighted by Crippen LogP contribution is -2.44. The summed E-state index contributed by atoms with van der Waals surface area (Å²) in [4.78, 5) is 42.6. The number of aromatic nitrogens is 1. The standard InChI is InChI=1S/C26H22F3N3O5/c1-14(2)22(25(35)36)32-13-18-4-3-16(11-20(18)24(32)34)17-7-10-21(30-12-17)31-23(33)15-5-8-19(9-6-15)37-26(27,28)29/h3-12,14,22H,13H2,1-2H3,(H,35,36)(H,30,31,33). The van der Waals surface area contributed by atoms with E-state index in [1.54, 1.807) is 44.2 Å². The molecule has 0 bridgehead atoms. The maximum atomic E-state index is 13.0. The minimum atomic E-state index is -4.82. The zero-order valence-corrected chi connectivity index (χ0v) is 19.7. The Morgan fingerprint density at radius 3 is 2.30 bits per heavy atom. The van der Waals surface area contributed by atoms with Crippen molar-refractivity contribution in [2.24, 2.45) is 5.92 Å². The number of carboxylic acid groups (broad SMARTS) is 1. The molecule has 192 valence electrons. The number of rotatable bonds is 7. The molecular formula is C26H22F3N3O5. The molecule has 0 aliphatic carbocycles. The molecule has 1 unspecified atom stereocenters. The molecular weight excluding hydrogens is 491 g/mol. The van der Waals surface area contributed by atoms with Gasteiger partial charge in [0.15, 0.2) is 0 Å². The van der Waals surface area contributed by atoms with Crippen LogP contribution >= 0.6 is 0 Å². The molecule has 1 aromatic heterocycles. The number of nitrogens with zero attached hydrogens (tertiary/aromatic N) is 2. The van der Waals surface area contributed by atoms with E-state index < -0.39 is 30.0 Å². The van der Waals surface area contributed by atoms with E-state index in [9.17, 15) is 32.7 Å². The predicted molar refractivity (Wildman–Crippen MR) is 127 cm³/mol. The van der Waals surface area contributed by atoms with Crippen molar-refractivity contribution in [3.05, 3.63) is 77.5 Å². The maximum Gasteiger partial charge on any atom is 0.573 e. The largest absolute Gasteiger partial charge is 0.573 e. The highest BCUT2D eigenvalue weighted by Crippen LogP contribution is 2.31. The van der Waals surface area contributed by atoms with Crippen LogP contribution in [0, 0.1) is 5.92 Å². The van der Waals surface area contributed by atoms with Gasteiger partial charge in [-0.1, -0.05) is 26.0 Å². The summed E-state index contributed by atoms with van der Waals surface area (Å²) in [6.07, 6.45) is -3.32. The molecule has 2 heterocycles. The first-order valence-electron chi connectivity index (χ1n) is 11.2. The fourth-order valence-corrected chi connectivity index (χ4v) is 4.14. The average molecular weight is 513 g/mol. The van der Waals surface area contributed by atoms with E-state index in [1.807, 2.05) is 0 Å². The minimum absolute atomic E-state index is 0.114. The zero-order valence-electron chi connectivity index (χ0n) is 19.7. The van der Waals surface area contributed by atoms with Gasteiger partial charge in [-0.3, -0.25) is 9.59 Å². The minimum Gasteiger partial charge on any atom is -0.480 e. The van der Waals surface area contributed by atoms with Gasteiger partial charge in [-0.15, -0.1) is 13.2 Å². The quantitative estimate of drug-likeness (QED) is 0.462. The van der Waals surface area contributed by atoms with Gasteiger partial charge in [0.05, 0.1) is 0 Å². The molecule has 1 atom stereocenters. The van der Waals surface area contributed by atoms with Crippen molar-refractivity contribution in [3.8, 4) is 16.9 Å². The van der Waals surface area contributed by atoms with Crippen molar-refractivity contribution < 1.29 is 37.4 Å². The van der Waals surface area contributed by atoms with E-state index in [-0.39, 0.29) is 29.8 Å². The molecule has 8 nitrogen and oxygen atoms in total. The number of halogens is 3. The number of anilines is 1. The van der Waals surface area contributed by atoms with Crippen LogP contribution in [0.1, 0.15) is 40.1 Å². The fraction of sp³-hybridized carbons (Fsp3) is 0.231. The highest BCUT2D eigenvalue weighted by Gasteiger charge is 2.38. The van der Waals surface area contributed by atoms with Crippen LogP contribution in [-0.2, 0) is 11.3 Å². The molecule has 1 aliphatic rings. The number of carboxylic acids is 1. The molecule has 2 N–H and O–H groups in total. The number of carbonyl (C=O) groups is 3. The summed E-state index contributed by atoms with van der Waals surface area (Å²) in [5.74, 6) is -2.45. The van der Waals surface area contributed by atoms with E-state index in [1.165, 1.54) is 23.2 Å². The molecule has 0 saturated heterocycles. The molecule has 0 spiro atoms. The van der Waals surface area contributed by atoms with Crippen molar-refractivity contribution in [1.82, 2.24) is 9.88 Å². The monoisotopic (exact) mass is 513 g/mol. The lowest BCUT2D eigenvalue weighted by atomic mass is 10.0. The number of hydrogen-bond acceptors (Lipinski definition) is 5. The van der Waals surface area contributed by atoms with Crippen molar-refractivity contribution in [2.75, 3.05) is 5.32 Å². The number of hydrogen-bond donors (Lipinski definition) is 2. The molecule has 11 heteroatoms. The van der Waals surface area contributed by atoms with Crippen LogP contribution in [0.3, 0.4) is 0 Å². The second kappa shape index (κ2) is 9.92. The Labute approximate surface area is 209 Å². The third-order valence-electron chi connectivity index (χ3n) is 5.85.